The zero-order valence-electron chi connectivity index (χ0n) is 18.6. The van der Waals surface area contributed by atoms with E-state index in [1.807, 2.05) is 0 Å². The number of aromatic nitrogens is 3. The molecule has 1 saturated heterocycles. The highest BCUT2D eigenvalue weighted by Gasteiger charge is 2.54. The molecule has 0 spiro atoms. The fourth-order valence-corrected chi connectivity index (χ4v) is 4.51. The van der Waals surface area contributed by atoms with Gasteiger partial charge in [-0.3, -0.25) is 9.59 Å². The van der Waals surface area contributed by atoms with Crippen molar-refractivity contribution in [1.82, 2.24) is 24.8 Å². The standard InChI is InChI=1S/C22H17ClF6N6O2/c23-16-10(19(36)33-14-7-34(6-13(14)25)20(37)21(26)1-2-21)3-9(4-12(16)24)15-5-11(22(27,28)29)17-18(30)31-8-32-35(15)17/h3-5,8,13-14H,1-2,6-7H2,(H,33,36)(H2,30,31,32)/t13-,14+/m0/s1. The van der Waals surface area contributed by atoms with Crippen molar-refractivity contribution in [3.8, 4) is 11.3 Å². The van der Waals surface area contributed by atoms with Crippen LogP contribution in [-0.4, -0.2) is 62.3 Å². The van der Waals surface area contributed by atoms with Crippen LogP contribution in [0.1, 0.15) is 28.8 Å². The molecule has 1 saturated carbocycles. The molecule has 5 rings (SSSR count). The Morgan fingerprint density at radius 2 is 1.89 bits per heavy atom. The summed E-state index contributed by atoms with van der Waals surface area (Å²) in [5, 5.41) is 5.43. The number of carbonyl (C=O) groups is 2. The molecule has 2 atom stereocenters. The van der Waals surface area contributed by atoms with E-state index in [-0.39, 0.29) is 30.6 Å². The Hall–Kier alpha value is -3.55. The molecule has 1 aliphatic heterocycles. The second-order valence-electron chi connectivity index (χ2n) is 8.94. The van der Waals surface area contributed by atoms with Crippen molar-refractivity contribution in [3.05, 3.63) is 46.5 Å². The van der Waals surface area contributed by atoms with Crippen molar-refractivity contribution < 1.29 is 35.9 Å². The van der Waals surface area contributed by atoms with Crippen LogP contribution in [0.15, 0.2) is 24.5 Å². The lowest BCUT2D eigenvalue weighted by molar-refractivity contribution is -0.137. The van der Waals surface area contributed by atoms with E-state index in [1.54, 1.807) is 0 Å². The maximum absolute atomic E-state index is 14.7. The number of likely N-dealkylation sites (tertiary alicyclic amines) is 1. The van der Waals surface area contributed by atoms with E-state index in [0.29, 0.717) is 6.07 Å². The van der Waals surface area contributed by atoms with Gasteiger partial charge in [-0.2, -0.15) is 18.3 Å². The lowest BCUT2D eigenvalue weighted by atomic mass is 10.1. The highest BCUT2D eigenvalue weighted by atomic mass is 35.5. The summed E-state index contributed by atoms with van der Waals surface area (Å²) in [5.41, 5.74) is 0.901. The molecule has 15 heteroatoms. The smallest absolute Gasteiger partial charge is 0.382 e. The molecule has 3 heterocycles. The van der Waals surface area contributed by atoms with Crippen LogP contribution in [0, 0.1) is 5.82 Å². The maximum atomic E-state index is 14.7. The minimum Gasteiger partial charge on any atom is -0.382 e. The zero-order chi connectivity index (χ0) is 26.9. The predicted octanol–water partition coefficient (Wildman–Crippen LogP) is 3.57. The number of anilines is 1. The Labute approximate surface area is 209 Å². The summed E-state index contributed by atoms with van der Waals surface area (Å²) in [6.45, 7) is -0.749. The number of nitrogens with two attached hydrogens (primary N) is 1. The number of hydrogen-bond donors (Lipinski definition) is 2. The van der Waals surface area contributed by atoms with E-state index in [9.17, 15) is 35.9 Å². The molecule has 3 N–H and O–H groups in total. The maximum Gasteiger partial charge on any atom is 0.418 e. The van der Waals surface area contributed by atoms with Crippen molar-refractivity contribution in [2.75, 3.05) is 18.8 Å². The van der Waals surface area contributed by atoms with Crippen LogP contribution in [0.4, 0.5) is 32.2 Å². The third kappa shape index (κ3) is 4.32. The van der Waals surface area contributed by atoms with Gasteiger partial charge < -0.3 is 16.0 Å². The van der Waals surface area contributed by atoms with Crippen LogP contribution in [0.3, 0.4) is 0 Å². The number of alkyl halides is 5. The molecule has 2 fully saturated rings. The summed E-state index contributed by atoms with van der Waals surface area (Å²) >= 11 is 5.96. The molecule has 2 aromatic heterocycles. The molecular weight excluding hydrogens is 530 g/mol. The number of nitrogen functional groups attached to an aromatic ring is 1. The Balaban J connectivity index is 1.48. The van der Waals surface area contributed by atoms with Gasteiger partial charge in [-0.15, -0.1) is 0 Å². The molecule has 1 aromatic carbocycles. The van der Waals surface area contributed by atoms with Crippen molar-refractivity contribution in [1.29, 1.82) is 0 Å². The largest absolute Gasteiger partial charge is 0.418 e. The number of carbonyl (C=O) groups excluding carboxylic acids is 2. The Morgan fingerprint density at radius 3 is 2.54 bits per heavy atom. The average Bonchev–Trinajstić information content (AvgIpc) is 3.28. The van der Waals surface area contributed by atoms with Crippen molar-refractivity contribution in [2.24, 2.45) is 0 Å². The Kier molecular flexibility index (Phi) is 5.77. The first-order valence-electron chi connectivity index (χ1n) is 10.9. The highest BCUT2D eigenvalue weighted by Crippen LogP contribution is 2.42. The molecule has 2 aliphatic rings. The number of hydrogen-bond acceptors (Lipinski definition) is 5. The topological polar surface area (TPSA) is 106 Å². The SMILES string of the molecule is Nc1ncnn2c(-c3cc(F)c(Cl)c(C(=O)N[C@@H]4CN(C(=O)C5(F)CC5)C[C@@H]4F)c3)cc(C(F)(F)F)c12. The van der Waals surface area contributed by atoms with Gasteiger partial charge in [0.1, 0.15) is 23.8 Å². The van der Waals surface area contributed by atoms with Crippen LogP contribution >= 0.6 is 11.6 Å². The second-order valence-corrected chi connectivity index (χ2v) is 9.32. The molecule has 0 bridgehead atoms. The van der Waals surface area contributed by atoms with Crippen molar-refractivity contribution in [3.63, 3.8) is 0 Å². The molecule has 3 aromatic rings. The summed E-state index contributed by atoms with van der Waals surface area (Å²) in [7, 11) is 0. The van der Waals surface area contributed by atoms with E-state index in [4.69, 9.17) is 17.3 Å². The Bertz CT molecular complexity index is 1440. The number of halogens is 7. The van der Waals surface area contributed by atoms with Crippen LogP contribution < -0.4 is 11.1 Å². The first-order valence-corrected chi connectivity index (χ1v) is 11.3. The van der Waals surface area contributed by atoms with Gasteiger partial charge in [0.15, 0.2) is 11.5 Å². The summed E-state index contributed by atoms with van der Waals surface area (Å²) < 4.78 is 85.1. The van der Waals surface area contributed by atoms with Crippen LogP contribution in [-0.2, 0) is 11.0 Å². The third-order valence-corrected chi connectivity index (χ3v) is 6.77. The van der Waals surface area contributed by atoms with Crippen LogP contribution in [0.5, 0.6) is 0 Å². The van der Waals surface area contributed by atoms with E-state index in [0.717, 1.165) is 27.9 Å². The molecule has 1 aliphatic carbocycles. The summed E-state index contributed by atoms with van der Waals surface area (Å²) in [5.74, 6) is -3.51. The molecular formula is C22H17ClF6N6O2. The van der Waals surface area contributed by atoms with Crippen LogP contribution in [0.25, 0.3) is 16.8 Å². The van der Waals surface area contributed by atoms with E-state index < -0.39 is 75.7 Å². The molecule has 8 nitrogen and oxygen atoms in total. The number of fused-ring (bicyclic) bond motifs is 1. The number of nitrogens with one attached hydrogen (secondary N) is 1. The van der Waals surface area contributed by atoms with Crippen molar-refractivity contribution >= 4 is 34.7 Å². The number of nitrogens with zero attached hydrogens (tertiary/aromatic N) is 4. The lowest BCUT2D eigenvalue weighted by Crippen LogP contribution is -2.43. The summed E-state index contributed by atoms with van der Waals surface area (Å²) in [6, 6.07) is 1.27. The fourth-order valence-electron chi connectivity index (χ4n) is 4.31. The lowest BCUT2D eigenvalue weighted by Gasteiger charge is -2.18. The van der Waals surface area contributed by atoms with E-state index in [1.165, 1.54) is 0 Å². The summed E-state index contributed by atoms with van der Waals surface area (Å²) in [6.07, 6.45) is -5.60. The van der Waals surface area contributed by atoms with Gasteiger partial charge in [0.05, 0.1) is 34.4 Å². The molecule has 37 heavy (non-hydrogen) atoms. The Morgan fingerprint density at radius 1 is 1.19 bits per heavy atom. The van der Waals surface area contributed by atoms with Gasteiger partial charge in [-0.05, 0) is 31.0 Å². The average molecular weight is 547 g/mol. The first-order chi connectivity index (χ1) is 17.3. The quantitative estimate of drug-likeness (QED) is 0.487. The number of rotatable bonds is 4. The summed E-state index contributed by atoms with van der Waals surface area (Å²) in [4.78, 5) is 29.6. The van der Waals surface area contributed by atoms with Gasteiger partial charge in [0, 0.05) is 12.1 Å². The second kappa shape index (κ2) is 8.50. The minimum absolute atomic E-state index is 0.0407. The van der Waals surface area contributed by atoms with Gasteiger partial charge in [0.2, 0.25) is 0 Å². The van der Waals surface area contributed by atoms with Gasteiger partial charge in [-0.1, -0.05) is 11.6 Å². The van der Waals surface area contributed by atoms with Gasteiger partial charge in [-0.25, -0.2) is 22.7 Å². The zero-order valence-corrected chi connectivity index (χ0v) is 19.4. The third-order valence-electron chi connectivity index (χ3n) is 6.38. The highest BCUT2D eigenvalue weighted by molar-refractivity contribution is 6.34. The van der Waals surface area contributed by atoms with Crippen molar-refractivity contribution in [2.45, 2.75) is 36.9 Å². The normalized spacial score (nSPS) is 20.9. The van der Waals surface area contributed by atoms with E-state index >= 15 is 0 Å². The van der Waals surface area contributed by atoms with Gasteiger partial charge in [0.25, 0.3) is 11.8 Å². The molecule has 0 radical (unpaired) electrons. The minimum atomic E-state index is -4.85. The molecule has 0 unspecified atom stereocenters. The fraction of sp³-hybridized carbons (Fsp3) is 0.364. The van der Waals surface area contributed by atoms with E-state index in [2.05, 4.69) is 15.4 Å². The van der Waals surface area contributed by atoms with Gasteiger partial charge >= 0.3 is 6.18 Å². The molecule has 196 valence electrons. The number of benzene rings is 1. The number of amides is 2. The predicted molar refractivity (Wildman–Crippen MR) is 119 cm³/mol. The monoisotopic (exact) mass is 546 g/mol. The molecule has 2 amide bonds. The van der Waals surface area contributed by atoms with Crippen LogP contribution in [0.2, 0.25) is 5.02 Å². The first kappa shape index (κ1) is 25.1.